The van der Waals surface area contributed by atoms with Crippen LogP contribution in [-0.4, -0.2) is 101 Å². The van der Waals surface area contributed by atoms with E-state index >= 15 is 0 Å². The Morgan fingerprint density at radius 1 is 0.719 bits per heavy atom. The Labute approximate surface area is 240 Å². The van der Waals surface area contributed by atoms with Crippen LogP contribution in [0.1, 0.15) is 116 Å². The van der Waals surface area contributed by atoms with E-state index in [0.717, 1.165) is 19.3 Å². The van der Waals surface area contributed by atoms with Crippen molar-refractivity contribution in [2.24, 2.45) is 0 Å². The molecule has 3 N–H and O–H groups in total. The van der Waals surface area contributed by atoms with Crippen molar-refractivity contribution >= 4 is 81.1 Å². The molecule has 1 atom stereocenters. The van der Waals surface area contributed by atoms with Crippen LogP contribution >= 0.6 is 0 Å². The summed E-state index contributed by atoms with van der Waals surface area (Å²) in [5, 5.41) is 9.12. The van der Waals surface area contributed by atoms with Crippen molar-refractivity contribution < 1.29 is 27.7 Å². The first kappa shape index (κ1) is 37.4. The van der Waals surface area contributed by atoms with E-state index < -0.39 is 33.7 Å². The molecular weight excluding hydrogens is 452 g/mol. The second-order valence-electron chi connectivity index (χ2n) is 8.20. The Morgan fingerprint density at radius 2 is 1.06 bits per heavy atom. The van der Waals surface area contributed by atoms with Crippen LogP contribution in [0.15, 0.2) is 0 Å². The zero-order chi connectivity index (χ0) is 22.7. The van der Waals surface area contributed by atoms with Gasteiger partial charge in [0.25, 0.3) is 10.1 Å². The first-order valence-corrected chi connectivity index (χ1v) is 13.2. The number of unbranched alkanes of at least 4 members (excludes halogenated alkanes) is 15. The summed E-state index contributed by atoms with van der Waals surface area (Å²) in [6, 6.07) is 0. The van der Waals surface area contributed by atoms with Crippen molar-refractivity contribution in [3.8, 4) is 0 Å². The van der Waals surface area contributed by atoms with Crippen LogP contribution in [0.2, 0.25) is 0 Å². The van der Waals surface area contributed by atoms with Gasteiger partial charge < -0.3 is 10.4 Å². The van der Waals surface area contributed by atoms with E-state index in [4.69, 9.17) is 9.66 Å². The molecule has 0 heterocycles. The molecule has 0 spiro atoms. The van der Waals surface area contributed by atoms with Crippen LogP contribution in [0.25, 0.3) is 0 Å². The maximum Gasteiger partial charge on any atom is 0.305 e. The van der Waals surface area contributed by atoms with Crippen molar-refractivity contribution in [1.82, 2.24) is 5.32 Å². The summed E-state index contributed by atoms with van der Waals surface area (Å²) in [4.78, 5) is 22.4. The predicted octanol–water partition coefficient (Wildman–Crippen LogP) is 4.33. The molecular formula is C22H43NNa2O6S. The van der Waals surface area contributed by atoms with Crippen LogP contribution < -0.4 is 5.32 Å². The molecule has 0 rings (SSSR count). The van der Waals surface area contributed by atoms with Crippen molar-refractivity contribution in [3.05, 3.63) is 0 Å². The third-order valence-electron chi connectivity index (χ3n) is 5.34. The van der Waals surface area contributed by atoms with Crippen LogP contribution in [-0.2, 0) is 19.7 Å². The quantitative estimate of drug-likeness (QED) is 0.124. The van der Waals surface area contributed by atoms with Gasteiger partial charge in [-0.25, -0.2) is 0 Å². The average molecular weight is 496 g/mol. The number of carbonyl (C=O) groups is 2. The molecule has 1 unspecified atom stereocenters. The molecule has 2 radical (unpaired) electrons. The summed E-state index contributed by atoms with van der Waals surface area (Å²) in [5.74, 6) is -2.41. The summed E-state index contributed by atoms with van der Waals surface area (Å²) >= 11 is 0. The number of nitrogens with one attached hydrogen (secondary N) is 1. The molecule has 32 heavy (non-hydrogen) atoms. The molecule has 1 amide bonds. The van der Waals surface area contributed by atoms with Gasteiger partial charge in [0.2, 0.25) is 5.91 Å². The van der Waals surface area contributed by atoms with Gasteiger partial charge in [0.1, 0.15) is 0 Å². The van der Waals surface area contributed by atoms with Crippen molar-refractivity contribution in [2.75, 3.05) is 6.54 Å². The third kappa shape index (κ3) is 24.0. The van der Waals surface area contributed by atoms with Gasteiger partial charge >= 0.3 is 5.97 Å². The molecule has 0 bridgehead atoms. The molecule has 0 saturated heterocycles. The van der Waals surface area contributed by atoms with E-state index in [1.165, 1.54) is 77.0 Å². The van der Waals surface area contributed by atoms with Crippen molar-refractivity contribution in [3.63, 3.8) is 0 Å². The standard InChI is InChI=1S/C22H43NO6S.2Na/c1-2-3-4-5-6-7-8-9-10-11-12-13-14-15-16-17-18-23-22(26)20(19-21(24)25)30(27,28)29;;/h20H,2-19H2,1H3,(H,23,26)(H,24,25)(H,27,28,29);;. The van der Waals surface area contributed by atoms with Crippen LogP contribution in [0.4, 0.5) is 0 Å². The summed E-state index contributed by atoms with van der Waals surface area (Å²) in [6.07, 6.45) is 18.9. The van der Waals surface area contributed by atoms with Crippen LogP contribution in [0, 0.1) is 0 Å². The summed E-state index contributed by atoms with van der Waals surface area (Å²) in [7, 11) is -4.73. The van der Waals surface area contributed by atoms with Crippen LogP contribution in [0.5, 0.6) is 0 Å². The second kappa shape index (κ2) is 25.0. The molecule has 10 heteroatoms. The molecule has 0 aromatic heterocycles. The Balaban J connectivity index is -0.00000420. The van der Waals surface area contributed by atoms with Crippen molar-refractivity contribution in [2.45, 2.75) is 121 Å². The molecule has 7 nitrogen and oxygen atoms in total. The number of hydrogen-bond acceptors (Lipinski definition) is 4. The average Bonchev–Trinajstić information content (AvgIpc) is 2.67. The van der Waals surface area contributed by atoms with Gasteiger partial charge in [0.15, 0.2) is 5.25 Å². The number of carbonyl (C=O) groups excluding carboxylic acids is 1. The summed E-state index contributed by atoms with van der Waals surface area (Å²) in [6.45, 7) is 2.53. The number of carboxylic acids is 1. The van der Waals surface area contributed by atoms with E-state index in [9.17, 15) is 18.0 Å². The van der Waals surface area contributed by atoms with Crippen molar-refractivity contribution in [1.29, 1.82) is 0 Å². The molecule has 0 fully saturated rings. The van der Waals surface area contributed by atoms with Gasteiger partial charge in [-0.2, -0.15) is 8.42 Å². The molecule has 0 aliphatic rings. The molecule has 0 aromatic carbocycles. The fourth-order valence-corrected chi connectivity index (χ4v) is 4.20. The van der Waals surface area contributed by atoms with E-state index in [0.29, 0.717) is 6.42 Å². The number of carboxylic acid groups (broad SMARTS) is 1. The second-order valence-corrected chi connectivity index (χ2v) is 9.79. The number of amides is 1. The third-order valence-corrected chi connectivity index (χ3v) is 6.44. The summed E-state index contributed by atoms with van der Waals surface area (Å²) < 4.78 is 31.2. The van der Waals surface area contributed by atoms with Gasteiger partial charge in [-0.15, -0.1) is 0 Å². The molecule has 0 aliphatic carbocycles. The molecule has 0 aromatic rings. The maximum absolute atomic E-state index is 11.8. The van der Waals surface area contributed by atoms with Gasteiger partial charge in [0.05, 0.1) is 6.42 Å². The first-order chi connectivity index (χ1) is 14.3. The van der Waals surface area contributed by atoms with Gasteiger partial charge in [0, 0.05) is 65.7 Å². The number of rotatable bonds is 21. The fraction of sp³-hybridized carbons (Fsp3) is 0.909. The number of aliphatic carboxylic acids is 1. The Kier molecular flexibility index (Phi) is 29.2. The SMILES string of the molecule is CCCCCCCCCCCCCCCCCCNC(=O)C(CC(=O)O)S(=O)(=O)O.[Na].[Na]. The summed E-state index contributed by atoms with van der Waals surface area (Å²) in [5.41, 5.74) is 0. The smallest absolute Gasteiger partial charge is 0.305 e. The Morgan fingerprint density at radius 3 is 1.38 bits per heavy atom. The van der Waals surface area contributed by atoms with E-state index in [1.54, 1.807) is 0 Å². The van der Waals surface area contributed by atoms with Gasteiger partial charge in [-0.3, -0.25) is 14.1 Å². The van der Waals surface area contributed by atoms with E-state index in [2.05, 4.69) is 12.2 Å². The minimum absolute atomic E-state index is 0. The Hall–Kier alpha value is 0.850. The zero-order valence-electron chi connectivity index (χ0n) is 20.7. The Bertz CT molecular complexity index is 561. The van der Waals surface area contributed by atoms with Gasteiger partial charge in [-0.05, 0) is 6.42 Å². The largest absolute Gasteiger partial charge is 0.481 e. The van der Waals surface area contributed by atoms with E-state index in [-0.39, 0.29) is 65.7 Å². The van der Waals surface area contributed by atoms with Crippen LogP contribution in [0.3, 0.4) is 0 Å². The number of hydrogen-bond donors (Lipinski definition) is 3. The minimum Gasteiger partial charge on any atom is -0.481 e. The van der Waals surface area contributed by atoms with Gasteiger partial charge in [-0.1, -0.05) is 103 Å². The fourth-order valence-electron chi connectivity index (χ4n) is 3.49. The maximum atomic E-state index is 11.8. The predicted molar refractivity (Wildman–Crippen MR) is 132 cm³/mol. The zero-order valence-corrected chi connectivity index (χ0v) is 25.6. The van der Waals surface area contributed by atoms with E-state index in [1.807, 2.05) is 0 Å². The molecule has 0 aliphatic heterocycles. The molecule has 0 saturated carbocycles. The molecule has 180 valence electrons. The normalized spacial score (nSPS) is 11.8. The minimum atomic E-state index is -4.73. The topological polar surface area (TPSA) is 121 Å². The first-order valence-electron chi connectivity index (χ1n) is 11.7. The monoisotopic (exact) mass is 495 g/mol.